The van der Waals surface area contributed by atoms with Crippen molar-refractivity contribution in [3.05, 3.63) is 35.5 Å². The minimum Gasteiger partial charge on any atom is -0.480 e. The van der Waals surface area contributed by atoms with Crippen LogP contribution in [0.1, 0.15) is 47.4 Å². The molecule has 0 spiro atoms. The van der Waals surface area contributed by atoms with Crippen LogP contribution in [-0.2, 0) is 0 Å². The molecule has 0 bridgehead atoms. The number of nitrogen functional groups attached to an aromatic ring is 1. The van der Waals surface area contributed by atoms with Crippen LogP contribution in [0.5, 0.6) is 5.88 Å². The van der Waals surface area contributed by atoms with Crippen molar-refractivity contribution in [2.45, 2.75) is 25.7 Å². The fourth-order valence-electron chi connectivity index (χ4n) is 3.72. The lowest BCUT2D eigenvalue weighted by Gasteiger charge is -2.37. The first kappa shape index (κ1) is 19.9. The molecule has 30 heavy (non-hydrogen) atoms. The third kappa shape index (κ3) is 3.48. The van der Waals surface area contributed by atoms with Gasteiger partial charge in [0.15, 0.2) is 0 Å². The largest absolute Gasteiger partial charge is 0.480 e. The van der Waals surface area contributed by atoms with E-state index in [4.69, 9.17) is 10.5 Å². The Morgan fingerprint density at radius 1 is 1.33 bits per heavy atom. The highest BCUT2D eigenvalue weighted by molar-refractivity contribution is 5.96. The maximum Gasteiger partial charge on any atom is 0.280 e. The molecule has 0 unspecified atom stereocenters. The number of aromatic nitrogens is 6. The van der Waals surface area contributed by atoms with E-state index in [0.717, 1.165) is 0 Å². The van der Waals surface area contributed by atoms with Crippen molar-refractivity contribution in [1.82, 2.24) is 34.4 Å². The smallest absolute Gasteiger partial charge is 0.280 e. The van der Waals surface area contributed by atoms with Gasteiger partial charge in [0.2, 0.25) is 11.8 Å². The highest BCUT2D eigenvalue weighted by atomic mass is 19.3. The van der Waals surface area contributed by atoms with Gasteiger partial charge in [0.05, 0.1) is 12.8 Å². The predicted molar refractivity (Wildman–Crippen MR) is 101 cm³/mol. The van der Waals surface area contributed by atoms with E-state index >= 15 is 0 Å². The van der Waals surface area contributed by atoms with Gasteiger partial charge in [0.1, 0.15) is 17.6 Å². The predicted octanol–water partition coefficient (Wildman–Crippen LogP) is 1.71. The summed E-state index contributed by atoms with van der Waals surface area (Å²) in [6.07, 6.45) is 0.539. The molecular weight excluding hydrogens is 398 g/mol. The van der Waals surface area contributed by atoms with Crippen LogP contribution < -0.4 is 10.5 Å². The molecule has 0 aromatic carbocycles. The zero-order chi connectivity index (χ0) is 21.4. The number of hydrogen-bond donors (Lipinski definition) is 1. The van der Waals surface area contributed by atoms with Gasteiger partial charge in [-0.25, -0.2) is 23.3 Å². The number of amides is 1. The number of ether oxygens (including phenoxy) is 1. The number of anilines is 1. The maximum absolute atomic E-state index is 13.4. The average Bonchev–Trinajstić information content (AvgIpc) is 3.21. The second-order valence-corrected chi connectivity index (χ2v) is 7.15. The van der Waals surface area contributed by atoms with Gasteiger partial charge in [0.25, 0.3) is 18.1 Å². The SMILES string of the molecule is COc1nc(N)ncc1C(=O)N1CC[C@@H](C)[C@H](c2cc(C(F)F)nc3ncnn23)C1. The quantitative estimate of drug-likeness (QED) is 0.679. The lowest BCUT2D eigenvalue weighted by Crippen LogP contribution is -2.43. The molecule has 3 aromatic heterocycles. The number of likely N-dealkylation sites (tertiary alicyclic amines) is 1. The van der Waals surface area contributed by atoms with Crippen molar-refractivity contribution in [2.75, 3.05) is 25.9 Å². The van der Waals surface area contributed by atoms with E-state index in [-0.39, 0.29) is 46.6 Å². The molecular formula is C18H20F2N8O2. The molecule has 10 nitrogen and oxygen atoms in total. The Kier molecular flexibility index (Phi) is 5.14. The Bertz CT molecular complexity index is 1090. The zero-order valence-corrected chi connectivity index (χ0v) is 16.4. The van der Waals surface area contributed by atoms with Crippen molar-refractivity contribution in [3.63, 3.8) is 0 Å². The highest BCUT2D eigenvalue weighted by Gasteiger charge is 2.34. The van der Waals surface area contributed by atoms with Crippen LogP contribution in [0.3, 0.4) is 0 Å². The number of carbonyl (C=O) groups excluding carboxylic acids is 1. The number of rotatable bonds is 4. The molecule has 3 aromatic rings. The molecule has 4 heterocycles. The molecule has 0 saturated carbocycles. The minimum absolute atomic E-state index is 0.00145. The molecule has 1 amide bonds. The monoisotopic (exact) mass is 418 g/mol. The molecule has 0 radical (unpaired) electrons. The highest BCUT2D eigenvalue weighted by Crippen LogP contribution is 2.34. The van der Waals surface area contributed by atoms with Crippen molar-refractivity contribution in [2.24, 2.45) is 5.92 Å². The van der Waals surface area contributed by atoms with Gasteiger partial charge in [0, 0.05) is 25.2 Å². The summed E-state index contributed by atoms with van der Waals surface area (Å²) >= 11 is 0. The Balaban J connectivity index is 1.69. The standard InChI is InChI=1S/C18H20F2N8O2/c1-9-3-4-27(16(29)10-6-22-17(21)26-15(10)30-2)7-11(9)13-5-12(14(19)20)25-18-23-8-24-28(13)18/h5-6,8-9,11,14H,3-4,7H2,1-2H3,(H2,21,22,26)/t9-,11-/m1/s1. The number of piperidine rings is 1. The summed E-state index contributed by atoms with van der Waals surface area (Å²) in [6, 6.07) is 1.34. The topological polar surface area (TPSA) is 124 Å². The number of fused-ring (bicyclic) bond motifs is 1. The second-order valence-electron chi connectivity index (χ2n) is 7.15. The minimum atomic E-state index is -2.74. The Labute approximate surface area is 170 Å². The molecule has 4 rings (SSSR count). The zero-order valence-electron chi connectivity index (χ0n) is 16.4. The van der Waals surface area contributed by atoms with Crippen molar-refractivity contribution >= 4 is 17.6 Å². The van der Waals surface area contributed by atoms with Crippen molar-refractivity contribution in [3.8, 4) is 5.88 Å². The molecule has 1 aliphatic heterocycles. The first-order valence-electron chi connectivity index (χ1n) is 9.33. The van der Waals surface area contributed by atoms with E-state index in [0.29, 0.717) is 25.2 Å². The summed E-state index contributed by atoms with van der Waals surface area (Å²) in [5, 5.41) is 4.13. The number of nitrogens with zero attached hydrogens (tertiary/aromatic N) is 7. The van der Waals surface area contributed by atoms with Gasteiger partial charge >= 0.3 is 0 Å². The van der Waals surface area contributed by atoms with Crippen LogP contribution in [0.25, 0.3) is 5.78 Å². The van der Waals surface area contributed by atoms with E-state index in [9.17, 15) is 13.6 Å². The maximum atomic E-state index is 13.4. The van der Waals surface area contributed by atoms with E-state index in [2.05, 4.69) is 25.0 Å². The Morgan fingerprint density at radius 3 is 2.87 bits per heavy atom. The third-order valence-corrected chi connectivity index (χ3v) is 5.34. The number of carbonyl (C=O) groups is 1. The molecule has 0 aliphatic carbocycles. The molecule has 12 heteroatoms. The number of alkyl halides is 2. The van der Waals surface area contributed by atoms with Crippen molar-refractivity contribution < 1.29 is 18.3 Å². The number of halogens is 2. The van der Waals surface area contributed by atoms with Crippen molar-refractivity contribution in [1.29, 1.82) is 0 Å². The van der Waals surface area contributed by atoms with Crippen LogP contribution in [0.15, 0.2) is 18.6 Å². The molecule has 2 N–H and O–H groups in total. The average molecular weight is 418 g/mol. The Morgan fingerprint density at radius 2 is 2.13 bits per heavy atom. The fourth-order valence-corrected chi connectivity index (χ4v) is 3.72. The van der Waals surface area contributed by atoms with Gasteiger partial charge in [-0.15, -0.1) is 0 Å². The van der Waals surface area contributed by atoms with Crippen LogP contribution in [-0.4, -0.2) is 60.6 Å². The first-order valence-corrected chi connectivity index (χ1v) is 9.33. The number of nitrogens with two attached hydrogens (primary N) is 1. The van der Waals surface area contributed by atoms with E-state index < -0.39 is 6.43 Å². The summed E-state index contributed by atoms with van der Waals surface area (Å²) in [5.41, 5.74) is 5.93. The summed E-state index contributed by atoms with van der Waals surface area (Å²) in [4.78, 5) is 30.4. The van der Waals surface area contributed by atoms with Gasteiger partial charge < -0.3 is 15.4 Å². The molecule has 158 valence electrons. The molecule has 1 fully saturated rings. The Hall–Kier alpha value is -3.44. The van der Waals surface area contributed by atoms with Crippen LogP contribution >= 0.6 is 0 Å². The van der Waals surface area contributed by atoms with Crippen LogP contribution in [0.2, 0.25) is 0 Å². The lowest BCUT2D eigenvalue weighted by molar-refractivity contribution is 0.0660. The van der Waals surface area contributed by atoms with Gasteiger partial charge in [-0.3, -0.25) is 4.79 Å². The van der Waals surface area contributed by atoms with E-state index in [1.165, 1.54) is 30.2 Å². The van der Waals surface area contributed by atoms with Gasteiger partial charge in [-0.05, 0) is 18.4 Å². The van der Waals surface area contributed by atoms with E-state index in [1.807, 2.05) is 6.92 Å². The molecule has 1 aliphatic rings. The fraction of sp³-hybridized carbons (Fsp3) is 0.444. The van der Waals surface area contributed by atoms with Crippen LogP contribution in [0.4, 0.5) is 14.7 Å². The first-order chi connectivity index (χ1) is 14.4. The molecule has 1 saturated heterocycles. The van der Waals surface area contributed by atoms with Gasteiger partial charge in [-0.2, -0.15) is 15.1 Å². The normalized spacial score (nSPS) is 19.4. The van der Waals surface area contributed by atoms with E-state index in [1.54, 1.807) is 4.90 Å². The number of hydrogen-bond acceptors (Lipinski definition) is 8. The summed E-state index contributed by atoms with van der Waals surface area (Å²) in [6.45, 7) is 2.82. The lowest BCUT2D eigenvalue weighted by atomic mass is 9.84. The second kappa shape index (κ2) is 7.76. The number of methoxy groups -OCH3 is 1. The summed E-state index contributed by atoms with van der Waals surface area (Å²) < 4.78 is 33.4. The summed E-state index contributed by atoms with van der Waals surface area (Å²) in [5.74, 6) is -0.246. The van der Waals surface area contributed by atoms with Crippen LogP contribution in [0, 0.1) is 5.92 Å². The summed E-state index contributed by atoms with van der Waals surface area (Å²) in [7, 11) is 1.39. The van der Waals surface area contributed by atoms with Gasteiger partial charge in [-0.1, -0.05) is 6.92 Å². The molecule has 2 atom stereocenters. The third-order valence-electron chi connectivity index (χ3n) is 5.34.